The summed E-state index contributed by atoms with van der Waals surface area (Å²) in [6.45, 7) is 5.18. The number of nitrogens with one attached hydrogen (secondary N) is 1. The minimum Gasteiger partial charge on any atom is -0.493 e. The van der Waals surface area contributed by atoms with E-state index in [4.69, 9.17) is 19.2 Å². The Morgan fingerprint density at radius 3 is 2.85 bits per heavy atom. The molecule has 9 nitrogen and oxygen atoms in total. The fourth-order valence-corrected chi connectivity index (χ4v) is 4.72. The highest BCUT2D eigenvalue weighted by atomic mass is 16.6. The summed E-state index contributed by atoms with van der Waals surface area (Å²) in [6, 6.07) is 6.51. The number of aromatic nitrogens is 5. The number of piperidine rings is 1. The molecule has 0 saturated carbocycles. The molecule has 6 rings (SSSR count). The standard InChI is InChI=1S/C25H28N6O3/c1-16-14-33-23-8-17(7-22(32-2)24(23)34-16)12-30-15-28-21-9-18(10-27-25(21)30)19-11-29-31(13-19)20-3-5-26-6-4-20/h7-11,13,15-16,20,26H,3-6,12,14H2,1-2H3. The van der Waals surface area contributed by atoms with Gasteiger partial charge in [0.05, 0.1) is 32.2 Å². The SMILES string of the molecule is COc1cc(Cn2cnc3cc(-c4cnn(C5CCNCC5)c4)cnc32)cc2c1OC(C)CO2. The van der Waals surface area contributed by atoms with Crippen molar-refractivity contribution in [3.63, 3.8) is 0 Å². The third-order valence-electron chi connectivity index (χ3n) is 6.52. The molecule has 2 aliphatic rings. The number of nitrogens with zero attached hydrogens (tertiary/aromatic N) is 5. The molecule has 0 bridgehead atoms. The number of rotatable bonds is 5. The zero-order valence-electron chi connectivity index (χ0n) is 19.4. The molecule has 4 aromatic rings. The Morgan fingerprint density at radius 2 is 2.00 bits per heavy atom. The van der Waals surface area contributed by atoms with Crippen LogP contribution in [0.1, 0.15) is 31.4 Å². The molecule has 2 aliphatic heterocycles. The fraction of sp³-hybridized carbons (Fsp3) is 0.400. The molecule has 0 aliphatic carbocycles. The van der Waals surface area contributed by atoms with Crippen LogP contribution in [0.4, 0.5) is 0 Å². The Balaban J connectivity index is 1.26. The summed E-state index contributed by atoms with van der Waals surface area (Å²) in [7, 11) is 1.64. The van der Waals surface area contributed by atoms with E-state index in [9.17, 15) is 0 Å². The average molecular weight is 461 g/mol. The first kappa shape index (κ1) is 21.0. The Morgan fingerprint density at radius 1 is 1.12 bits per heavy atom. The van der Waals surface area contributed by atoms with E-state index >= 15 is 0 Å². The van der Waals surface area contributed by atoms with E-state index in [0.717, 1.165) is 53.8 Å². The minimum atomic E-state index is -0.00461. The van der Waals surface area contributed by atoms with E-state index in [1.807, 2.05) is 42.3 Å². The molecule has 0 amide bonds. The molecule has 0 spiro atoms. The predicted molar refractivity (Wildman–Crippen MR) is 128 cm³/mol. The number of imidazole rings is 1. The van der Waals surface area contributed by atoms with Crippen molar-refractivity contribution < 1.29 is 14.2 Å². The van der Waals surface area contributed by atoms with Crippen LogP contribution < -0.4 is 19.5 Å². The summed E-state index contributed by atoms with van der Waals surface area (Å²) in [5, 5.41) is 8.02. The van der Waals surface area contributed by atoms with Gasteiger partial charge in [0.2, 0.25) is 5.75 Å². The lowest BCUT2D eigenvalue weighted by atomic mass is 10.1. The first-order valence-corrected chi connectivity index (χ1v) is 11.7. The Labute approximate surface area is 197 Å². The topological polar surface area (TPSA) is 88.2 Å². The molecular formula is C25H28N6O3. The van der Waals surface area contributed by atoms with Gasteiger partial charge in [0.1, 0.15) is 18.2 Å². The number of benzene rings is 1. The van der Waals surface area contributed by atoms with Crippen molar-refractivity contribution in [2.75, 3.05) is 26.8 Å². The number of pyridine rings is 1. The Hall–Kier alpha value is -3.59. The fourth-order valence-electron chi connectivity index (χ4n) is 4.72. The summed E-state index contributed by atoms with van der Waals surface area (Å²) >= 11 is 0. The van der Waals surface area contributed by atoms with Crippen molar-refractivity contribution >= 4 is 11.2 Å². The highest BCUT2D eigenvalue weighted by Crippen LogP contribution is 2.41. The number of hydrogen-bond acceptors (Lipinski definition) is 7. The molecule has 3 aromatic heterocycles. The van der Waals surface area contributed by atoms with Crippen LogP contribution in [0.3, 0.4) is 0 Å². The molecule has 5 heterocycles. The monoisotopic (exact) mass is 460 g/mol. The van der Waals surface area contributed by atoms with Gasteiger partial charge >= 0.3 is 0 Å². The van der Waals surface area contributed by atoms with Crippen molar-refractivity contribution in [1.82, 2.24) is 29.6 Å². The number of fused-ring (bicyclic) bond motifs is 2. The Bertz CT molecular complexity index is 1310. The van der Waals surface area contributed by atoms with Crippen molar-refractivity contribution in [3.8, 4) is 28.4 Å². The van der Waals surface area contributed by atoms with E-state index < -0.39 is 0 Å². The van der Waals surface area contributed by atoms with Crippen LogP contribution in [-0.4, -0.2) is 57.2 Å². The molecule has 1 N–H and O–H groups in total. The van der Waals surface area contributed by atoms with Crippen LogP contribution in [0.15, 0.2) is 43.1 Å². The van der Waals surface area contributed by atoms with Gasteiger partial charge in [0.15, 0.2) is 17.1 Å². The summed E-state index contributed by atoms with van der Waals surface area (Å²) in [6.07, 6.45) is 9.97. The zero-order chi connectivity index (χ0) is 23.1. The largest absolute Gasteiger partial charge is 0.493 e. The molecular weight excluding hydrogens is 432 g/mol. The normalized spacial score (nSPS) is 18.4. The van der Waals surface area contributed by atoms with Crippen LogP contribution in [0.5, 0.6) is 17.2 Å². The summed E-state index contributed by atoms with van der Waals surface area (Å²) < 4.78 is 21.5. The van der Waals surface area contributed by atoms with E-state index in [0.29, 0.717) is 36.4 Å². The van der Waals surface area contributed by atoms with Crippen LogP contribution in [0.2, 0.25) is 0 Å². The molecule has 1 unspecified atom stereocenters. The predicted octanol–water partition coefficient (Wildman–Crippen LogP) is 3.44. The van der Waals surface area contributed by atoms with Gasteiger partial charge in [-0.1, -0.05) is 0 Å². The molecule has 0 radical (unpaired) electrons. The van der Waals surface area contributed by atoms with E-state index in [2.05, 4.69) is 32.3 Å². The minimum absolute atomic E-state index is 0.00461. The lowest BCUT2D eigenvalue weighted by Gasteiger charge is -2.26. The van der Waals surface area contributed by atoms with E-state index in [1.54, 1.807) is 7.11 Å². The first-order valence-electron chi connectivity index (χ1n) is 11.7. The first-order chi connectivity index (χ1) is 16.7. The van der Waals surface area contributed by atoms with Gasteiger partial charge in [-0.3, -0.25) is 4.68 Å². The Kier molecular flexibility index (Phi) is 5.33. The number of methoxy groups -OCH3 is 1. The number of hydrogen-bond donors (Lipinski definition) is 1. The van der Waals surface area contributed by atoms with Crippen LogP contribution in [0, 0.1) is 0 Å². The smallest absolute Gasteiger partial charge is 0.203 e. The summed E-state index contributed by atoms with van der Waals surface area (Å²) in [4.78, 5) is 9.36. The van der Waals surface area contributed by atoms with Crippen molar-refractivity contribution in [2.45, 2.75) is 38.5 Å². The van der Waals surface area contributed by atoms with Gasteiger partial charge < -0.3 is 24.1 Å². The molecule has 1 fully saturated rings. The van der Waals surface area contributed by atoms with Crippen LogP contribution >= 0.6 is 0 Å². The second kappa shape index (κ2) is 8.64. The molecule has 176 valence electrons. The molecule has 1 saturated heterocycles. The van der Waals surface area contributed by atoms with Gasteiger partial charge in [-0.25, -0.2) is 9.97 Å². The molecule has 34 heavy (non-hydrogen) atoms. The third kappa shape index (κ3) is 3.86. The maximum Gasteiger partial charge on any atom is 0.203 e. The number of ether oxygens (including phenoxy) is 3. The van der Waals surface area contributed by atoms with Gasteiger partial charge in [0.25, 0.3) is 0 Å². The second-order valence-corrected chi connectivity index (χ2v) is 8.99. The molecule has 1 aromatic carbocycles. The van der Waals surface area contributed by atoms with Crippen LogP contribution in [-0.2, 0) is 6.54 Å². The highest BCUT2D eigenvalue weighted by Gasteiger charge is 2.23. The second-order valence-electron chi connectivity index (χ2n) is 8.99. The third-order valence-corrected chi connectivity index (χ3v) is 6.52. The van der Waals surface area contributed by atoms with Gasteiger partial charge in [-0.05, 0) is 56.6 Å². The maximum absolute atomic E-state index is 5.92. The van der Waals surface area contributed by atoms with Gasteiger partial charge in [-0.2, -0.15) is 5.10 Å². The van der Waals surface area contributed by atoms with E-state index in [1.165, 1.54) is 0 Å². The lowest BCUT2D eigenvalue weighted by Crippen LogP contribution is -2.29. The van der Waals surface area contributed by atoms with Crippen molar-refractivity contribution in [1.29, 1.82) is 0 Å². The highest BCUT2D eigenvalue weighted by molar-refractivity contribution is 5.77. The zero-order valence-corrected chi connectivity index (χ0v) is 19.4. The molecule has 1 atom stereocenters. The summed E-state index contributed by atoms with van der Waals surface area (Å²) in [5.74, 6) is 2.04. The average Bonchev–Trinajstić information content (AvgIpc) is 3.52. The maximum atomic E-state index is 5.92. The van der Waals surface area contributed by atoms with Gasteiger partial charge in [-0.15, -0.1) is 0 Å². The summed E-state index contributed by atoms with van der Waals surface area (Å²) in [5.41, 5.74) is 4.80. The van der Waals surface area contributed by atoms with Crippen LogP contribution in [0.25, 0.3) is 22.3 Å². The lowest BCUT2D eigenvalue weighted by molar-refractivity contribution is 0.0995. The quantitative estimate of drug-likeness (QED) is 0.488. The van der Waals surface area contributed by atoms with E-state index in [-0.39, 0.29) is 6.10 Å². The molecule has 9 heteroatoms. The van der Waals surface area contributed by atoms with Gasteiger partial charge in [0, 0.05) is 23.5 Å². The van der Waals surface area contributed by atoms with Crippen molar-refractivity contribution in [2.24, 2.45) is 0 Å². The van der Waals surface area contributed by atoms with Crippen molar-refractivity contribution in [3.05, 3.63) is 48.7 Å².